The van der Waals surface area contributed by atoms with Crippen molar-refractivity contribution in [3.8, 4) is 5.75 Å². The summed E-state index contributed by atoms with van der Waals surface area (Å²) in [7, 11) is 0. The molecule has 1 N–H and O–H groups in total. The first-order valence-electron chi connectivity index (χ1n) is 8.77. The third kappa shape index (κ3) is 4.01. The first-order valence-corrected chi connectivity index (χ1v) is 8.77. The standard InChI is InChI=1S/C19H20F3N3O2/c20-19(21,22)27-17-3-1-16(2-4-17)24-12-18(6-7-18)25(13-24)10-14-5-8-23-15(9-14)11-26/h1-5,8-9,26H,6-7,10-13H2. The lowest BCUT2D eigenvalue weighted by Gasteiger charge is -2.22. The Bertz CT molecular complexity index is 807. The zero-order chi connectivity index (χ0) is 19.1. The second-order valence-corrected chi connectivity index (χ2v) is 7.12. The highest BCUT2D eigenvalue weighted by Gasteiger charge is 2.53. The van der Waals surface area contributed by atoms with Gasteiger partial charge in [0.2, 0.25) is 0 Å². The van der Waals surface area contributed by atoms with E-state index in [1.54, 1.807) is 18.3 Å². The molecule has 0 atom stereocenters. The van der Waals surface area contributed by atoms with Crippen LogP contribution in [0.2, 0.25) is 0 Å². The largest absolute Gasteiger partial charge is 0.573 e. The van der Waals surface area contributed by atoms with Gasteiger partial charge in [0.15, 0.2) is 0 Å². The van der Waals surface area contributed by atoms with Crippen molar-refractivity contribution < 1.29 is 23.0 Å². The third-order valence-corrected chi connectivity index (χ3v) is 5.18. The maximum atomic E-state index is 12.3. The van der Waals surface area contributed by atoms with Crippen LogP contribution in [-0.2, 0) is 13.2 Å². The van der Waals surface area contributed by atoms with Crippen LogP contribution in [0.25, 0.3) is 0 Å². The van der Waals surface area contributed by atoms with Crippen LogP contribution >= 0.6 is 0 Å². The molecule has 27 heavy (non-hydrogen) atoms. The summed E-state index contributed by atoms with van der Waals surface area (Å²) in [5, 5.41) is 9.26. The lowest BCUT2D eigenvalue weighted by Crippen LogP contribution is -2.32. The van der Waals surface area contributed by atoms with Gasteiger partial charge in [0.1, 0.15) is 5.75 Å². The van der Waals surface area contributed by atoms with Gasteiger partial charge >= 0.3 is 6.36 Å². The normalized spacial score (nSPS) is 18.9. The van der Waals surface area contributed by atoms with Crippen LogP contribution in [0.1, 0.15) is 24.1 Å². The second-order valence-electron chi connectivity index (χ2n) is 7.12. The SMILES string of the molecule is OCc1cc(CN2CN(c3ccc(OC(F)(F)F)cc3)CC23CC3)ccn1. The van der Waals surface area contributed by atoms with E-state index in [1.165, 1.54) is 12.1 Å². The van der Waals surface area contributed by atoms with E-state index in [0.717, 1.165) is 37.2 Å². The smallest absolute Gasteiger partial charge is 0.406 e. The number of pyridine rings is 1. The molecule has 5 nitrogen and oxygen atoms in total. The monoisotopic (exact) mass is 379 g/mol. The van der Waals surface area contributed by atoms with Crippen LogP contribution in [0.3, 0.4) is 0 Å². The van der Waals surface area contributed by atoms with Gasteiger partial charge in [-0.2, -0.15) is 0 Å². The molecule has 1 aromatic carbocycles. The number of halogens is 3. The molecule has 4 rings (SSSR count). The number of aliphatic hydroxyl groups is 1. The van der Waals surface area contributed by atoms with Crippen LogP contribution < -0.4 is 9.64 Å². The van der Waals surface area contributed by atoms with E-state index < -0.39 is 6.36 Å². The van der Waals surface area contributed by atoms with Crippen LogP contribution in [0, 0.1) is 0 Å². The van der Waals surface area contributed by atoms with E-state index >= 15 is 0 Å². The summed E-state index contributed by atoms with van der Waals surface area (Å²) in [6.07, 6.45) is -0.761. The van der Waals surface area contributed by atoms with Crippen molar-refractivity contribution in [2.24, 2.45) is 0 Å². The van der Waals surface area contributed by atoms with Crippen molar-refractivity contribution in [2.75, 3.05) is 18.1 Å². The van der Waals surface area contributed by atoms with Crippen molar-refractivity contribution in [1.82, 2.24) is 9.88 Å². The highest BCUT2D eigenvalue weighted by atomic mass is 19.4. The molecule has 0 amide bonds. The van der Waals surface area contributed by atoms with Gasteiger partial charge in [0.05, 0.1) is 19.0 Å². The van der Waals surface area contributed by atoms with Gasteiger partial charge in [-0.25, -0.2) is 0 Å². The summed E-state index contributed by atoms with van der Waals surface area (Å²) in [5.41, 5.74) is 2.75. The molecule has 0 bridgehead atoms. The lowest BCUT2D eigenvalue weighted by atomic mass is 10.2. The maximum absolute atomic E-state index is 12.3. The Kier molecular flexibility index (Phi) is 4.47. The first kappa shape index (κ1) is 18.1. The maximum Gasteiger partial charge on any atom is 0.573 e. The molecular weight excluding hydrogens is 359 g/mol. The Hall–Kier alpha value is -2.32. The fourth-order valence-electron chi connectivity index (χ4n) is 3.66. The minimum Gasteiger partial charge on any atom is -0.406 e. The third-order valence-electron chi connectivity index (χ3n) is 5.18. The zero-order valence-electron chi connectivity index (χ0n) is 14.6. The van der Waals surface area contributed by atoms with E-state index in [0.29, 0.717) is 12.4 Å². The highest BCUT2D eigenvalue weighted by molar-refractivity contribution is 5.51. The summed E-state index contributed by atoms with van der Waals surface area (Å²) in [5.74, 6) is -0.211. The molecule has 2 aliphatic rings. The van der Waals surface area contributed by atoms with Crippen LogP contribution in [0.5, 0.6) is 5.75 Å². The predicted octanol–water partition coefficient (Wildman–Crippen LogP) is 3.28. The summed E-state index contributed by atoms with van der Waals surface area (Å²) < 4.78 is 40.9. The fraction of sp³-hybridized carbons (Fsp3) is 0.421. The molecule has 2 aromatic rings. The quantitative estimate of drug-likeness (QED) is 0.864. The molecule has 0 radical (unpaired) electrons. The summed E-state index contributed by atoms with van der Waals surface area (Å²) in [6, 6.07) is 9.87. The first-order chi connectivity index (χ1) is 12.9. The van der Waals surface area contributed by atoms with Crippen molar-refractivity contribution in [3.63, 3.8) is 0 Å². The van der Waals surface area contributed by atoms with Gasteiger partial charge in [-0.15, -0.1) is 13.2 Å². The Morgan fingerprint density at radius 2 is 1.89 bits per heavy atom. The highest BCUT2D eigenvalue weighted by Crippen LogP contribution is 2.47. The molecule has 144 valence electrons. The molecule has 1 saturated heterocycles. The summed E-state index contributed by atoms with van der Waals surface area (Å²) in [6.45, 7) is 2.22. The predicted molar refractivity (Wildman–Crippen MR) is 93.0 cm³/mol. The van der Waals surface area contributed by atoms with Gasteiger partial charge in [-0.3, -0.25) is 9.88 Å². The topological polar surface area (TPSA) is 48.8 Å². The van der Waals surface area contributed by atoms with E-state index in [9.17, 15) is 18.3 Å². The van der Waals surface area contributed by atoms with E-state index in [4.69, 9.17) is 0 Å². The Morgan fingerprint density at radius 3 is 2.52 bits per heavy atom. The van der Waals surface area contributed by atoms with Crippen LogP contribution in [0.15, 0.2) is 42.6 Å². The Morgan fingerprint density at radius 1 is 1.15 bits per heavy atom. The van der Waals surface area contributed by atoms with Crippen molar-refractivity contribution in [2.45, 2.75) is 37.9 Å². The molecule has 8 heteroatoms. The van der Waals surface area contributed by atoms with Crippen molar-refractivity contribution in [3.05, 3.63) is 53.9 Å². The average molecular weight is 379 g/mol. The van der Waals surface area contributed by atoms with Crippen LogP contribution in [-0.4, -0.2) is 40.1 Å². The molecule has 1 aliphatic carbocycles. The van der Waals surface area contributed by atoms with E-state index in [1.807, 2.05) is 12.1 Å². The van der Waals surface area contributed by atoms with Gasteiger partial charge in [-0.05, 0) is 54.8 Å². The van der Waals surface area contributed by atoms with E-state index in [-0.39, 0.29) is 17.9 Å². The number of aliphatic hydroxyl groups excluding tert-OH is 1. The Balaban J connectivity index is 1.45. The van der Waals surface area contributed by atoms with Gasteiger partial charge in [0, 0.05) is 30.5 Å². The molecular formula is C19H20F3N3O2. The molecule has 2 fully saturated rings. The molecule has 0 unspecified atom stereocenters. The van der Waals surface area contributed by atoms with Crippen molar-refractivity contribution >= 4 is 5.69 Å². The Labute approximate surface area is 155 Å². The number of nitrogens with zero attached hydrogens (tertiary/aromatic N) is 3. The van der Waals surface area contributed by atoms with Gasteiger partial charge in [-0.1, -0.05) is 0 Å². The minimum absolute atomic E-state index is 0.0859. The van der Waals surface area contributed by atoms with Gasteiger partial charge in [0.25, 0.3) is 0 Å². The number of anilines is 1. The number of benzene rings is 1. The minimum atomic E-state index is -4.68. The van der Waals surface area contributed by atoms with Crippen molar-refractivity contribution in [1.29, 1.82) is 0 Å². The number of ether oxygens (including phenoxy) is 1. The molecule has 1 saturated carbocycles. The number of alkyl halides is 3. The van der Waals surface area contributed by atoms with E-state index in [2.05, 4.69) is 19.5 Å². The lowest BCUT2D eigenvalue weighted by molar-refractivity contribution is -0.274. The van der Waals surface area contributed by atoms with Gasteiger partial charge < -0.3 is 14.7 Å². The average Bonchev–Trinajstić information content (AvgIpc) is 3.32. The molecule has 1 aromatic heterocycles. The van der Waals surface area contributed by atoms with Crippen LogP contribution in [0.4, 0.5) is 18.9 Å². The molecule has 2 heterocycles. The second kappa shape index (κ2) is 6.69. The fourth-order valence-corrected chi connectivity index (χ4v) is 3.66. The molecule has 1 spiro atoms. The summed E-state index contributed by atoms with van der Waals surface area (Å²) >= 11 is 0. The summed E-state index contributed by atoms with van der Waals surface area (Å²) in [4.78, 5) is 8.68. The number of aromatic nitrogens is 1. The number of hydrogen-bond acceptors (Lipinski definition) is 5. The zero-order valence-corrected chi connectivity index (χ0v) is 14.6. The number of hydrogen-bond donors (Lipinski definition) is 1. The number of rotatable bonds is 5. The molecule has 1 aliphatic heterocycles.